The van der Waals surface area contributed by atoms with Crippen molar-refractivity contribution in [2.24, 2.45) is 5.73 Å². The fourth-order valence-electron chi connectivity index (χ4n) is 5.30. The molecule has 4 heterocycles. The summed E-state index contributed by atoms with van der Waals surface area (Å²) in [7, 11) is 2.01. The molecule has 1 aromatic heterocycles. The molecule has 4 atom stereocenters. The Balaban J connectivity index is 1.56. The van der Waals surface area contributed by atoms with Crippen molar-refractivity contribution in [3.05, 3.63) is 17.8 Å². The SMILES string of the molecule is CCC(=O)N1[C@@H]2CCC[C@H]1C[C@H](N(C)c1nc(NC(=N)/C=C(/C)N)cc(OC3CCOC3)n1)C2. The number of nitrogens with two attached hydrogens (primary N) is 1. The van der Waals surface area contributed by atoms with Gasteiger partial charge in [-0.1, -0.05) is 6.92 Å². The van der Waals surface area contributed by atoms with E-state index in [0.29, 0.717) is 43.0 Å². The number of allylic oxidation sites excluding steroid dienone is 1. The molecule has 4 rings (SSSR count). The van der Waals surface area contributed by atoms with Crippen molar-refractivity contribution >= 4 is 23.5 Å². The van der Waals surface area contributed by atoms with Crippen molar-refractivity contribution in [3.63, 3.8) is 0 Å². The van der Waals surface area contributed by atoms with E-state index in [-0.39, 0.29) is 36.0 Å². The van der Waals surface area contributed by atoms with Crippen LogP contribution < -0.4 is 20.7 Å². The first-order chi connectivity index (χ1) is 16.3. The number of hydrogen-bond donors (Lipinski definition) is 3. The number of hydrogen-bond acceptors (Lipinski definition) is 8. The lowest BCUT2D eigenvalue weighted by molar-refractivity contribution is -0.140. The largest absolute Gasteiger partial charge is 0.472 e. The summed E-state index contributed by atoms with van der Waals surface area (Å²) in [6, 6.07) is 2.47. The van der Waals surface area contributed by atoms with E-state index >= 15 is 0 Å². The summed E-state index contributed by atoms with van der Waals surface area (Å²) in [5.41, 5.74) is 6.25. The normalized spacial score (nSPS) is 26.8. The molecule has 0 radical (unpaired) electrons. The maximum atomic E-state index is 12.6. The lowest BCUT2D eigenvalue weighted by Crippen LogP contribution is -2.58. The number of amidine groups is 1. The van der Waals surface area contributed by atoms with Gasteiger partial charge in [-0.3, -0.25) is 10.2 Å². The molecule has 4 N–H and O–H groups in total. The molecule has 1 amide bonds. The van der Waals surface area contributed by atoms with E-state index in [2.05, 4.69) is 15.1 Å². The number of nitrogens with zero attached hydrogens (tertiary/aromatic N) is 4. The Hall–Kier alpha value is -2.88. The molecule has 3 aliphatic heterocycles. The lowest BCUT2D eigenvalue weighted by Gasteiger charge is -2.50. The molecule has 2 bridgehead atoms. The van der Waals surface area contributed by atoms with Gasteiger partial charge in [0, 0.05) is 49.8 Å². The Kier molecular flexibility index (Phi) is 7.55. The maximum absolute atomic E-state index is 12.6. The monoisotopic (exact) mass is 471 g/mol. The third-order valence-electron chi connectivity index (χ3n) is 6.90. The summed E-state index contributed by atoms with van der Waals surface area (Å²) < 4.78 is 11.5. The summed E-state index contributed by atoms with van der Waals surface area (Å²) >= 11 is 0. The Labute approximate surface area is 201 Å². The molecule has 1 unspecified atom stereocenters. The van der Waals surface area contributed by atoms with Gasteiger partial charge in [-0.05, 0) is 45.1 Å². The van der Waals surface area contributed by atoms with Crippen molar-refractivity contribution in [1.29, 1.82) is 5.41 Å². The second kappa shape index (κ2) is 10.6. The highest BCUT2D eigenvalue weighted by atomic mass is 16.5. The molecule has 0 aromatic carbocycles. The number of aromatic nitrogens is 2. The van der Waals surface area contributed by atoms with Crippen LogP contribution in [0.4, 0.5) is 11.8 Å². The zero-order valence-corrected chi connectivity index (χ0v) is 20.4. The molecule has 0 saturated carbocycles. The highest BCUT2D eigenvalue weighted by molar-refractivity contribution is 6.01. The van der Waals surface area contributed by atoms with E-state index < -0.39 is 0 Å². The zero-order valence-electron chi connectivity index (χ0n) is 20.4. The van der Waals surface area contributed by atoms with Crippen molar-refractivity contribution in [2.75, 3.05) is 30.5 Å². The first kappa shape index (κ1) is 24.3. The Morgan fingerprint density at radius 2 is 2.09 bits per heavy atom. The highest BCUT2D eigenvalue weighted by Gasteiger charge is 2.41. The number of fused-ring (bicyclic) bond motifs is 2. The predicted molar refractivity (Wildman–Crippen MR) is 131 cm³/mol. The van der Waals surface area contributed by atoms with E-state index in [1.165, 1.54) is 6.42 Å². The number of carbonyl (C=O) groups is 1. The quantitative estimate of drug-likeness (QED) is 0.409. The molecular formula is C24H37N7O3. The van der Waals surface area contributed by atoms with Crippen LogP contribution in [0, 0.1) is 5.41 Å². The van der Waals surface area contributed by atoms with Crippen LogP contribution in [0.2, 0.25) is 0 Å². The van der Waals surface area contributed by atoms with Crippen molar-refractivity contribution in [3.8, 4) is 5.88 Å². The molecule has 3 fully saturated rings. The average Bonchev–Trinajstić information content (AvgIpc) is 3.29. The number of carbonyl (C=O) groups excluding carboxylic acids is 1. The lowest BCUT2D eigenvalue weighted by atomic mass is 9.81. The second-order valence-corrected chi connectivity index (χ2v) is 9.55. The molecule has 1 aromatic rings. The molecule has 3 aliphatic rings. The van der Waals surface area contributed by atoms with Gasteiger partial charge in [0.05, 0.1) is 13.2 Å². The number of nitrogens with one attached hydrogen (secondary N) is 2. The van der Waals surface area contributed by atoms with Crippen LogP contribution in [0.3, 0.4) is 0 Å². The van der Waals surface area contributed by atoms with E-state index in [1.807, 2.05) is 14.0 Å². The minimum Gasteiger partial charge on any atom is -0.472 e. The molecular weight excluding hydrogens is 434 g/mol. The maximum Gasteiger partial charge on any atom is 0.230 e. The molecule has 34 heavy (non-hydrogen) atoms. The summed E-state index contributed by atoms with van der Waals surface area (Å²) in [5.74, 6) is 1.87. The van der Waals surface area contributed by atoms with Crippen LogP contribution in [-0.4, -0.2) is 71.1 Å². The van der Waals surface area contributed by atoms with Gasteiger partial charge in [-0.15, -0.1) is 0 Å². The smallest absolute Gasteiger partial charge is 0.230 e. The zero-order chi connectivity index (χ0) is 24.2. The van der Waals surface area contributed by atoms with Gasteiger partial charge < -0.3 is 30.3 Å². The summed E-state index contributed by atoms with van der Waals surface area (Å²) in [6.45, 7) is 4.89. The molecule has 0 aliphatic carbocycles. The molecule has 3 saturated heterocycles. The fourth-order valence-corrected chi connectivity index (χ4v) is 5.30. The van der Waals surface area contributed by atoms with Crippen LogP contribution in [-0.2, 0) is 9.53 Å². The van der Waals surface area contributed by atoms with Gasteiger partial charge in [0.1, 0.15) is 17.8 Å². The average molecular weight is 472 g/mol. The Bertz CT molecular complexity index is 913. The van der Waals surface area contributed by atoms with Gasteiger partial charge in [0.2, 0.25) is 17.7 Å². The number of piperidine rings is 2. The van der Waals surface area contributed by atoms with Crippen LogP contribution in [0.15, 0.2) is 17.8 Å². The number of rotatable bonds is 7. The standard InChI is InChI=1S/C24H37N7O3/c1-4-23(32)31-16-6-5-7-17(31)12-18(11-16)30(3)24-28-21(27-20(26)10-15(2)25)13-22(29-24)34-19-8-9-33-14-19/h10,13,16-19H,4-9,11-12,14,25H2,1-3H3,(H2,26,27,28,29)/b15-10-/t16-,17+,18-,19?. The predicted octanol–water partition coefficient (Wildman–Crippen LogP) is 2.65. The molecule has 10 heteroatoms. The van der Waals surface area contributed by atoms with Crippen LogP contribution in [0.1, 0.15) is 58.8 Å². The number of amides is 1. The van der Waals surface area contributed by atoms with Crippen LogP contribution in [0.25, 0.3) is 0 Å². The third-order valence-corrected chi connectivity index (χ3v) is 6.90. The summed E-state index contributed by atoms with van der Waals surface area (Å²) in [6.07, 6.45) is 7.93. The van der Waals surface area contributed by atoms with Gasteiger partial charge in [0.25, 0.3) is 0 Å². The molecule has 10 nitrogen and oxygen atoms in total. The van der Waals surface area contributed by atoms with Gasteiger partial charge in [-0.2, -0.15) is 9.97 Å². The Morgan fingerprint density at radius 3 is 2.71 bits per heavy atom. The van der Waals surface area contributed by atoms with E-state index in [4.69, 9.17) is 30.6 Å². The third kappa shape index (κ3) is 5.60. The topological polar surface area (TPSA) is 130 Å². The van der Waals surface area contributed by atoms with E-state index in [0.717, 1.165) is 32.1 Å². The second-order valence-electron chi connectivity index (χ2n) is 9.55. The fraction of sp³-hybridized carbons (Fsp3) is 0.667. The first-order valence-electron chi connectivity index (χ1n) is 12.3. The minimum atomic E-state index is -0.0470. The first-order valence-corrected chi connectivity index (χ1v) is 12.3. The minimum absolute atomic E-state index is 0.0470. The summed E-state index contributed by atoms with van der Waals surface area (Å²) in [5, 5.41) is 11.1. The van der Waals surface area contributed by atoms with Crippen molar-refractivity contribution in [2.45, 2.75) is 83.0 Å². The summed E-state index contributed by atoms with van der Waals surface area (Å²) in [4.78, 5) is 26.2. The van der Waals surface area contributed by atoms with Gasteiger partial charge in [0.15, 0.2) is 0 Å². The van der Waals surface area contributed by atoms with Crippen molar-refractivity contribution < 1.29 is 14.3 Å². The van der Waals surface area contributed by atoms with Gasteiger partial charge in [-0.25, -0.2) is 0 Å². The van der Waals surface area contributed by atoms with Gasteiger partial charge >= 0.3 is 0 Å². The van der Waals surface area contributed by atoms with Crippen molar-refractivity contribution in [1.82, 2.24) is 14.9 Å². The highest BCUT2D eigenvalue weighted by Crippen LogP contribution is 2.37. The van der Waals surface area contributed by atoms with E-state index in [9.17, 15) is 4.79 Å². The van der Waals surface area contributed by atoms with E-state index in [1.54, 1.807) is 19.1 Å². The number of anilines is 2. The molecule has 0 spiro atoms. The van der Waals surface area contributed by atoms with Crippen LogP contribution in [0.5, 0.6) is 5.88 Å². The number of ether oxygens (including phenoxy) is 2. The van der Waals surface area contributed by atoms with Crippen LogP contribution >= 0.6 is 0 Å². The Morgan fingerprint density at radius 1 is 1.35 bits per heavy atom. The molecule has 186 valence electrons.